The Kier molecular flexibility index (Phi) is 2.87. The van der Waals surface area contributed by atoms with Crippen molar-refractivity contribution < 1.29 is 13.2 Å². The fourth-order valence-electron chi connectivity index (χ4n) is 2.45. The molecule has 84 valence electrons. The van der Waals surface area contributed by atoms with Crippen molar-refractivity contribution in [2.75, 3.05) is 6.54 Å². The molecule has 1 fully saturated rings. The molecule has 0 aromatic carbocycles. The van der Waals surface area contributed by atoms with E-state index in [1.165, 1.54) is 0 Å². The first-order chi connectivity index (χ1) is 6.23. The van der Waals surface area contributed by atoms with E-state index in [-0.39, 0.29) is 18.4 Å². The minimum atomic E-state index is -4.11. The van der Waals surface area contributed by atoms with Crippen LogP contribution in [0.1, 0.15) is 34.1 Å². The molecule has 0 aromatic heterocycles. The summed E-state index contributed by atoms with van der Waals surface area (Å²) in [7, 11) is 0. The van der Waals surface area contributed by atoms with Crippen LogP contribution < -0.4 is 0 Å². The summed E-state index contributed by atoms with van der Waals surface area (Å²) in [5.74, 6) is -0.376. The zero-order chi connectivity index (χ0) is 11.1. The molecule has 1 rings (SSSR count). The highest BCUT2D eigenvalue weighted by molar-refractivity contribution is 5.08. The Hall–Kier alpha value is -0.250. The molecule has 0 unspecified atom stereocenters. The van der Waals surface area contributed by atoms with Gasteiger partial charge in [-0.2, -0.15) is 13.2 Å². The molecular formula is C10H18F3N. The minimum absolute atomic E-state index is 0.0345. The van der Waals surface area contributed by atoms with Crippen molar-refractivity contribution in [3.8, 4) is 0 Å². The third-order valence-electron chi connectivity index (χ3n) is 3.32. The maximum atomic E-state index is 13.0. The zero-order valence-corrected chi connectivity index (χ0v) is 9.15. The van der Waals surface area contributed by atoms with E-state index >= 15 is 0 Å². The van der Waals surface area contributed by atoms with Crippen LogP contribution in [0.3, 0.4) is 0 Å². The maximum Gasteiger partial charge on any atom is 0.407 e. The van der Waals surface area contributed by atoms with Crippen LogP contribution in [0.4, 0.5) is 13.2 Å². The van der Waals surface area contributed by atoms with E-state index in [0.29, 0.717) is 6.54 Å². The molecule has 0 amide bonds. The van der Waals surface area contributed by atoms with Crippen molar-refractivity contribution in [2.45, 2.75) is 51.9 Å². The molecule has 1 saturated heterocycles. The Morgan fingerprint density at radius 3 is 1.71 bits per heavy atom. The van der Waals surface area contributed by atoms with E-state index in [2.05, 4.69) is 0 Å². The standard InChI is InChI=1S/C10H18F3N/c1-7(2)9(10(11,12)13)5-6-14(9)8(3)4/h7-8H,5-6H2,1-4H3/t9-/m0/s1. The van der Waals surface area contributed by atoms with Crippen molar-refractivity contribution in [3.63, 3.8) is 0 Å². The lowest BCUT2D eigenvalue weighted by Gasteiger charge is -2.57. The number of alkyl halides is 3. The third-order valence-corrected chi connectivity index (χ3v) is 3.32. The van der Waals surface area contributed by atoms with E-state index in [0.717, 1.165) is 0 Å². The molecule has 0 bridgehead atoms. The number of rotatable bonds is 2. The molecule has 0 saturated carbocycles. The van der Waals surface area contributed by atoms with Crippen LogP contribution in [0.5, 0.6) is 0 Å². The lowest BCUT2D eigenvalue weighted by atomic mass is 9.73. The number of hydrogen-bond acceptors (Lipinski definition) is 1. The smallest absolute Gasteiger partial charge is 0.287 e. The minimum Gasteiger partial charge on any atom is -0.287 e. The molecule has 0 aliphatic carbocycles. The van der Waals surface area contributed by atoms with Crippen LogP contribution >= 0.6 is 0 Å². The predicted octanol–water partition coefficient (Wildman–Crippen LogP) is 3.06. The van der Waals surface area contributed by atoms with Gasteiger partial charge in [0.05, 0.1) is 0 Å². The van der Waals surface area contributed by atoms with Crippen molar-refractivity contribution in [3.05, 3.63) is 0 Å². The van der Waals surface area contributed by atoms with E-state index < -0.39 is 11.7 Å². The van der Waals surface area contributed by atoms with Gasteiger partial charge in [0.1, 0.15) is 5.54 Å². The second kappa shape index (κ2) is 3.40. The van der Waals surface area contributed by atoms with Crippen LogP contribution in [0, 0.1) is 5.92 Å². The lowest BCUT2D eigenvalue weighted by Crippen LogP contribution is -2.72. The Morgan fingerprint density at radius 1 is 1.14 bits per heavy atom. The molecule has 0 spiro atoms. The van der Waals surface area contributed by atoms with Gasteiger partial charge >= 0.3 is 6.18 Å². The van der Waals surface area contributed by atoms with Crippen LogP contribution in [0.25, 0.3) is 0 Å². The van der Waals surface area contributed by atoms with Gasteiger partial charge in [-0.1, -0.05) is 13.8 Å². The number of hydrogen-bond donors (Lipinski definition) is 0. The molecular weight excluding hydrogens is 191 g/mol. The monoisotopic (exact) mass is 209 g/mol. The number of likely N-dealkylation sites (tertiary alicyclic amines) is 1. The van der Waals surface area contributed by atoms with Crippen LogP contribution in [0.15, 0.2) is 0 Å². The maximum absolute atomic E-state index is 13.0. The molecule has 1 aliphatic rings. The Labute approximate surface area is 83.3 Å². The molecule has 1 atom stereocenters. The molecule has 4 heteroatoms. The summed E-state index contributed by atoms with van der Waals surface area (Å²) >= 11 is 0. The average Bonchev–Trinajstić information content (AvgIpc) is 1.76. The normalized spacial score (nSPS) is 29.8. The van der Waals surface area contributed by atoms with E-state index in [1.807, 2.05) is 13.8 Å². The highest BCUT2D eigenvalue weighted by Crippen LogP contribution is 2.50. The fraction of sp³-hybridized carbons (Fsp3) is 1.00. The van der Waals surface area contributed by atoms with Gasteiger partial charge in [-0.3, -0.25) is 4.90 Å². The van der Waals surface area contributed by atoms with Gasteiger partial charge in [0.25, 0.3) is 0 Å². The summed E-state index contributed by atoms with van der Waals surface area (Å²) in [4.78, 5) is 1.57. The lowest BCUT2D eigenvalue weighted by molar-refractivity contribution is -0.288. The molecule has 0 radical (unpaired) electrons. The van der Waals surface area contributed by atoms with E-state index in [1.54, 1.807) is 18.7 Å². The topological polar surface area (TPSA) is 3.24 Å². The van der Waals surface area contributed by atoms with Gasteiger partial charge in [0.15, 0.2) is 0 Å². The number of halogens is 3. The van der Waals surface area contributed by atoms with Crippen LogP contribution in [-0.4, -0.2) is 29.2 Å². The molecule has 1 nitrogen and oxygen atoms in total. The summed E-state index contributed by atoms with van der Waals surface area (Å²) in [5.41, 5.74) is -1.57. The van der Waals surface area contributed by atoms with Gasteiger partial charge in [-0.05, 0) is 26.2 Å². The Morgan fingerprint density at radius 2 is 1.64 bits per heavy atom. The van der Waals surface area contributed by atoms with Crippen molar-refractivity contribution in [1.82, 2.24) is 4.90 Å². The van der Waals surface area contributed by atoms with Gasteiger partial charge in [-0.25, -0.2) is 0 Å². The van der Waals surface area contributed by atoms with E-state index in [9.17, 15) is 13.2 Å². The second-order valence-electron chi connectivity index (χ2n) is 4.61. The molecule has 1 heterocycles. The van der Waals surface area contributed by atoms with Crippen molar-refractivity contribution in [2.24, 2.45) is 5.92 Å². The van der Waals surface area contributed by atoms with Gasteiger partial charge < -0.3 is 0 Å². The largest absolute Gasteiger partial charge is 0.407 e. The highest BCUT2D eigenvalue weighted by Gasteiger charge is 2.65. The van der Waals surface area contributed by atoms with Crippen molar-refractivity contribution >= 4 is 0 Å². The summed E-state index contributed by atoms with van der Waals surface area (Å²) in [5, 5.41) is 0. The van der Waals surface area contributed by atoms with Gasteiger partial charge in [-0.15, -0.1) is 0 Å². The summed E-state index contributed by atoms with van der Waals surface area (Å²) in [6.07, 6.45) is -3.87. The first-order valence-electron chi connectivity index (χ1n) is 5.07. The first-order valence-corrected chi connectivity index (χ1v) is 5.07. The molecule has 14 heavy (non-hydrogen) atoms. The summed E-state index contributed by atoms with van der Waals surface area (Å²) < 4.78 is 38.9. The van der Waals surface area contributed by atoms with Crippen LogP contribution in [-0.2, 0) is 0 Å². The summed E-state index contributed by atoms with van der Waals surface area (Å²) in [6.45, 7) is 7.52. The Balaban J connectivity index is 2.96. The third kappa shape index (κ3) is 1.44. The van der Waals surface area contributed by atoms with Crippen molar-refractivity contribution in [1.29, 1.82) is 0 Å². The van der Waals surface area contributed by atoms with Gasteiger partial charge in [0, 0.05) is 12.6 Å². The molecule has 0 aromatic rings. The SMILES string of the molecule is CC(C)N1CC[C@]1(C(C)C)C(F)(F)F. The molecule has 0 N–H and O–H groups in total. The van der Waals surface area contributed by atoms with Gasteiger partial charge in [0.2, 0.25) is 0 Å². The zero-order valence-electron chi connectivity index (χ0n) is 9.15. The molecule has 1 aliphatic heterocycles. The quantitative estimate of drug-likeness (QED) is 0.675. The fourth-order valence-corrected chi connectivity index (χ4v) is 2.45. The second-order valence-corrected chi connectivity index (χ2v) is 4.61. The van der Waals surface area contributed by atoms with E-state index in [4.69, 9.17) is 0 Å². The van der Waals surface area contributed by atoms with Crippen LogP contribution in [0.2, 0.25) is 0 Å². The average molecular weight is 209 g/mol. The number of nitrogens with zero attached hydrogens (tertiary/aromatic N) is 1. The highest BCUT2D eigenvalue weighted by atomic mass is 19.4. The Bertz CT molecular complexity index is 210. The first kappa shape index (κ1) is 11.8. The predicted molar refractivity (Wildman–Crippen MR) is 50.1 cm³/mol. The summed E-state index contributed by atoms with van der Waals surface area (Å²) in [6, 6.07) is -0.0345.